The van der Waals surface area contributed by atoms with Crippen LogP contribution >= 0.6 is 0 Å². The van der Waals surface area contributed by atoms with Crippen molar-refractivity contribution in [2.24, 2.45) is 0 Å². The first-order valence-corrected chi connectivity index (χ1v) is 13.0. The quantitative estimate of drug-likeness (QED) is 0.492. The largest absolute Gasteiger partial charge is 0.352 e. The monoisotopic (exact) mass is 483 g/mol. The average molecular weight is 484 g/mol. The van der Waals surface area contributed by atoms with Gasteiger partial charge in [0.25, 0.3) is 5.91 Å². The highest BCUT2D eigenvalue weighted by atomic mass is 16.2. The van der Waals surface area contributed by atoms with Gasteiger partial charge >= 0.3 is 0 Å². The van der Waals surface area contributed by atoms with Crippen molar-refractivity contribution in [2.45, 2.75) is 64.6 Å². The molecule has 3 aromatic rings. The highest BCUT2D eigenvalue weighted by Gasteiger charge is 2.35. The average Bonchev–Trinajstić information content (AvgIpc) is 3.48. The fraction of sp³-hybridized carbons (Fsp3) is 0.367. The zero-order valence-electron chi connectivity index (χ0n) is 21.0. The molecule has 1 N–H and O–H groups in total. The van der Waals surface area contributed by atoms with Crippen molar-refractivity contribution in [3.8, 4) is 0 Å². The van der Waals surface area contributed by atoms with E-state index in [2.05, 4.69) is 5.32 Å². The van der Waals surface area contributed by atoms with Gasteiger partial charge in [0.2, 0.25) is 11.8 Å². The summed E-state index contributed by atoms with van der Waals surface area (Å²) in [6.45, 7) is 4.17. The van der Waals surface area contributed by atoms with Gasteiger partial charge in [0.15, 0.2) is 0 Å². The van der Waals surface area contributed by atoms with E-state index in [0.29, 0.717) is 18.5 Å². The van der Waals surface area contributed by atoms with E-state index in [-0.39, 0.29) is 30.3 Å². The van der Waals surface area contributed by atoms with Crippen LogP contribution in [-0.4, -0.2) is 41.2 Å². The van der Waals surface area contributed by atoms with Gasteiger partial charge in [-0.2, -0.15) is 0 Å². The molecule has 0 saturated heterocycles. The number of aryl methyl sites for hydroxylation is 1. The second-order valence-electron chi connectivity index (χ2n) is 9.93. The minimum Gasteiger partial charge on any atom is -0.352 e. The molecule has 0 spiro atoms. The Kier molecular flexibility index (Phi) is 6.77. The molecule has 0 radical (unpaired) electrons. The molecular weight excluding hydrogens is 450 g/mol. The van der Waals surface area contributed by atoms with Crippen LogP contribution < -0.4 is 10.2 Å². The van der Waals surface area contributed by atoms with Crippen molar-refractivity contribution in [1.29, 1.82) is 0 Å². The normalized spacial score (nSPS) is 15.9. The molecule has 0 unspecified atom stereocenters. The minimum atomic E-state index is -0.603. The summed E-state index contributed by atoms with van der Waals surface area (Å²) in [7, 11) is 0. The van der Waals surface area contributed by atoms with Gasteiger partial charge in [-0.15, -0.1) is 0 Å². The Bertz CT molecular complexity index is 1310. The summed E-state index contributed by atoms with van der Waals surface area (Å²) in [6.07, 6.45) is 4.71. The fourth-order valence-corrected chi connectivity index (χ4v) is 5.62. The number of nitrogens with one attached hydrogen (secondary N) is 1. The standard InChI is InChI=1S/C30H33N3O3/c1-3-25(29(35)31-23-14-6-7-15-23)32(18-22-11-5-4-10-20(22)2)27(34)19-33-26-17-9-13-21-12-8-16-24(28(21)26)30(33)36/h4-5,8-13,16-17,23,25H,3,6-7,14-15,18-19H2,1-2H3,(H,31,35)/t25-/m0/s1. The Balaban J connectivity index is 1.44. The first kappa shape index (κ1) is 24.0. The van der Waals surface area contributed by atoms with E-state index < -0.39 is 6.04 Å². The Morgan fingerprint density at radius 1 is 1.03 bits per heavy atom. The van der Waals surface area contributed by atoms with E-state index in [1.807, 2.05) is 74.5 Å². The molecule has 6 heteroatoms. The first-order valence-electron chi connectivity index (χ1n) is 13.0. The predicted octanol–water partition coefficient (Wildman–Crippen LogP) is 4.97. The van der Waals surface area contributed by atoms with Gasteiger partial charge in [-0.1, -0.05) is 68.3 Å². The number of anilines is 1. The molecule has 186 valence electrons. The van der Waals surface area contributed by atoms with Crippen molar-refractivity contribution in [3.63, 3.8) is 0 Å². The van der Waals surface area contributed by atoms with Crippen LogP contribution in [0.4, 0.5) is 5.69 Å². The van der Waals surface area contributed by atoms with Crippen LogP contribution in [0.3, 0.4) is 0 Å². The van der Waals surface area contributed by atoms with E-state index >= 15 is 0 Å². The van der Waals surface area contributed by atoms with Crippen molar-refractivity contribution in [1.82, 2.24) is 10.2 Å². The van der Waals surface area contributed by atoms with Gasteiger partial charge in [-0.3, -0.25) is 19.3 Å². The van der Waals surface area contributed by atoms with Gasteiger partial charge in [-0.05, 0) is 54.8 Å². The second-order valence-corrected chi connectivity index (χ2v) is 9.93. The predicted molar refractivity (Wildman–Crippen MR) is 142 cm³/mol. The number of hydrogen-bond donors (Lipinski definition) is 1. The van der Waals surface area contributed by atoms with Crippen LogP contribution in [0, 0.1) is 6.92 Å². The lowest BCUT2D eigenvalue weighted by Crippen LogP contribution is -2.53. The van der Waals surface area contributed by atoms with Crippen LogP contribution in [-0.2, 0) is 16.1 Å². The lowest BCUT2D eigenvalue weighted by Gasteiger charge is -2.33. The molecule has 2 aliphatic rings. The molecule has 1 heterocycles. The van der Waals surface area contributed by atoms with E-state index in [9.17, 15) is 14.4 Å². The van der Waals surface area contributed by atoms with Crippen molar-refractivity contribution in [2.75, 3.05) is 11.4 Å². The number of benzene rings is 3. The maximum Gasteiger partial charge on any atom is 0.259 e. The van der Waals surface area contributed by atoms with Crippen LogP contribution in [0.5, 0.6) is 0 Å². The highest BCUT2D eigenvalue weighted by Crippen LogP contribution is 2.37. The summed E-state index contributed by atoms with van der Waals surface area (Å²) in [5, 5.41) is 5.05. The Morgan fingerprint density at radius 3 is 2.47 bits per heavy atom. The molecule has 5 rings (SSSR count). The molecule has 1 aliphatic heterocycles. The number of rotatable bonds is 8. The van der Waals surface area contributed by atoms with E-state index in [0.717, 1.165) is 53.3 Å². The molecule has 36 heavy (non-hydrogen) atoms. The molecule has 0 bridgehead atoms. The van der Waals surface area contributed by atoms with Gasteiger partial charge in [0.1, 0.15) is 12.6 Å². The third kappa shape index (κ3) is 4.48. The Hall–Kier alpha value is -3.67. The van der Waals surface area contributed by atoms with Crippen molar-refractivity contribution in [3.05, 3.63) is 77.4 Å². The Labute approximate surface area is 212 Å². The van der Waals surface area contributed by atoms with Gasteiger partial charge in [-0.25, -0.2) is 0 Å². The summed E-state index contributed by atoms with van der Waals surface area (Å²) in [6, 6.07) is 18.9. The summed E-state index contributed by atoms with van der Waals surface area (Å²) in [5.41, 5.74) is 3.43. The van der Waals surface area contributed by atoms with Crippen LogP contribution in [0.15, 0.2) is 60.7 Å². The summed E-state index contributed by atoms with van der Waals surface area (Å²) in [5.74, 6) is -0.510. The molecule has 3 amide bonds. The number of carbonyl (C=O) groups excluding carboxylic acids is 3. The molecule has 1 aliphatic carbocycles. The van der Waals surface area contributed by atoms with Crippen molar-refractivity contribution < 1.29 is 14.4 Å². The highest BCUT2D eigenvalue weighted by molar-refractivity contribution is 6.26. The van der Waals surface area contributed by atoms with E-state index in [4.69, 9.17) is 0 Å². The van der Waals surface area contributed by atoms with E-state index in [1.165, 1.54) is 0 Å². The summed E-state index contributed by atoms with van der Waals surface area (Å²) < 4.78 is 0. The maximum atomic E-state index is 13.9. The molecule has 1 fully saturated rings. The number of carbonyl (C=O) groups is 3. The molecule has 1 saturated carbocycles. The minimum absolute atomic E-state index is 0.105. The lowest BCUT2D eigenvalue weighted by atomic mass is 10.1. The molecule has 6 nitrogen and oxygen atoms in total. The van der Waals surface area contributed by atoms with Crippen LogP contribution in [0.25, 0.3) is 10.8 Å². The molecule has 0 aromatic heterocycles. The van der Waals surface area contributed by atoms with Crippen molar-refractivity contribution >= 4 is 34.2 Å². The zero-order chi connectivity index (χ0) is 25.2. The SMILES string of the molecule is CC[C@@H](C(=O)NC1CCCC1)N(Cc1ccccc1C)C(=O)CN1C(=O)c2cccc3cccc1c23. The maximum absolute atomic E-state index is 13.9. The number of nitrogens with zero attached hydrogens (tertiary/aromatic N) is 2. The smallest absolute Gasteiger partial charge is 0.259 e. The van der Waals surface area contributed by atoms with E-state index in [1.54, 1.807) is 9.80 Å². The first-order chi connectivity index (χ1) is 17.5. The topological polar surface area (TPSA) is 69.7 Å². The second kappa shape index (κ2) is 10.1. The molecular formula is C30H33N3O3. The third-order valence-electron chi connectivity index (χ3n) is 7.63. The summed E-state index contributed by atoms with van der Waals surface area (Å²) in [4.78, 5) is 43.9. The van der Waals surface area contributed by atoms with Gasteiger partial charge < -0.3 is 10.2 Å². The fourth-order valence-electron chi connectivity index (χ4n) is 5.62. The number of amides is 3. The third-order valence-corrected chi connectivity index (χ3v) is 7.63. The van der Waals surface area contributed by atoms with Crippen LogP contribution in [0.2, 0.25) is 0 Å². The number of hydrogen-bond acceptors (Lipinski definition) is 3. The molecule has 1 atom stereocenters. The zero-order valence-corrected chi connectivity index (χ0v) is 21.0. The van der Waals surface area contributed by atoms with Crippen LogP contribution in [0.1, 0.15) is 60.5 Å². The van der Waals surface area contributed by atoms with Gasteiger partial charge in [0, 0.05) is 23.5 Å². The van der Waals surface area contributed by atoms with Gasteiger partial charge in [0.05, 0.1) is 5.69 Å². The lowest BCUT2D eigenvalue weighted by molar-refractivity contribution is -0.140. The summed E-state index contributed by atoms with van der Waals surface area (Å²) >= 11 is 0. The Morgan fingerprint density at radius 2 is 1.75 bits per heavy atom. The molecule has 3 aromatic carbocycles.